The number of allylic oxidation sites excluding steroid dienone is 2. The number of aliphatic hydroxyl groups is 1. The molecule has 1 saturated heterocycles. The molecule has 2 bridgehead atoms. The summed E-state index contributed by atoms with van der Waals surface area (Å²) >= 11 is 0. The van der Waals surface area contributed by atoms with Crippen LogP contribution >= 0.6 is 0 Å². The van der Waals surface area contributed by atoms with Gasteiger partial charge in [0.15, 0.2) is 0 Å². The predicted octanol–water partition coefficient (Wildman–Crippen LogP) is 1.49. The molecule has 2 aliphatic carbocycles. The zero-order valence-electron chi connectivity index (χ0n) is 11.6. The Labute approximate surface area is 123 Å². The summed E-state index contributed by atoms with van der Waals surface area (Å²) in [4.78, 5) is 26.5. The van der Waals surface area contributed by atoms with Gasteiger partial charge in [0, 0.05) is 0 Å². The molecule has 4 unspecified atom stereocenters. The highest BCUT2D eigenvalue weighted by Gasteiger charge is 2.59. The smallest absolute Gasteiger partial charge is 0.234 e. The molecule has 2 fully saturated rings. The molecule has 1 saturated carbocycles. The molecule has 0 spiro atoms. The molecule has 108 valence electrons. The van der Waals surface area contributed by atoms with E-state index in [4.69, 9.17) is 5.11 Å². The Hall–Kier alpha value is -1.94. The molecule has 1 aromatic carbocycles. The highest BCUT2D eigenvalue weighted by atomic mass is 16.3. The van der Waals surface area contributed by atoms with E-state index in [2.05, 4.69) is 12.2 Å². The van der Waals surface area contributed by atoms with Crippen LogP contribution in [-0.4, -0.2) is 21.8 Å². The quantitative estimate of drug-likeness (QED) is 0.675. The van der Waals surface area contributed by atoms with E-state index in [0.717, 1.165) is 17.5 Å². The maximum Gasteiger partial charge on any atom is 0.234 e. The van der Waals surface area contributed by atoms with Crippen LogP contribution in [0.2, 0.25) is 0 Å². The molecule has 1 aliphatic heterocycles. The number of rotatable bonds is 3. The van der Waals surface area contributed by atoms with Crippen molar-refractivity contribution in [2.45, 2.75) is 19.6 Å². The fraction of sp³-hybridized carbons (Fsp3) is 0.412. The van der Waals surface area contributed by atoms with Gasteiger partial charge < -0.3 is 5.11 Å². The Morgan fingerprint density at radius 2 is 1.48 bits per heavy atom. The van der Waals surface area contributed by atoms with Gasteiger partial charge in [0.25, 0.3) is 0 Å². The number of fused-ring (bicyclic) bond motifs is 5. The average Bonchev–Trinajstić information content (AvgIpc) is 3.18. The lowest BCUT2D eigenvalue weighted by Gasteiger charge is -2.17. The summed E-state index contributed by atoms with van der Waals surface area (Å²) < 4.78 is 0. The van der Waals surface area contributed by atoms with E-state index >= 15 is 0 Å². The minimum absolute atomic E-state index is 0.00102. The van der Waals surface area contributed by atoms with Crippen LogP contribution in [0.1, 0.15) is 17.5 Å². The first-order chi connectivity index (χ1) is 10.2. The Morgan fingerprint density at radius 3 is 2.00 bits per heavy atom. The van der Waals surface area contributed by atoms with Gasteiger partial charge in [-0.3, -0.25) is 14.5 Å². The third-order valence-corrected chi connectivity index (χ3v) is 5.11. The van der Waals surface area contributed by atoms with Crippen molar-refractivity contribution < 1.29 is 14.7 Å². The second kappa shape index (κ2) is 4.53. The van der Waals surface area contributed by atoms with E-state index in [0.29, 0.717) is 6.54 Å². The standard InChI is InChI=1S/C17H17NO3/c19-9-11-3-1-10(2-4-11)8-18-16(20)14-12-5-6-13(7-12)15(14)17(18)21/h1-6,12-15,19H,7-9H2. The summed E-state index contributed by atoms with van der Waals surface area (Å²) in [6, 6.07) is 7.39. The van der Waals surface area contributed by atoms with Crippen molar-refractivity contribution in [3.8, 4) is 0 Å². The first-order valence-corrected chi connectivity index (χ1v) is 7.41. The number of nitrogens with zero attached hydrogens (tertiary/aromatic N) is 1. The van der Waals surface area contributed by atoms with E-state index < -0.39 is 0 Å². The largest absolute Gasteiger partial charge is 0.392 e. The number of carbonyl (C=O) groups excluding carboxylic acids is 2. The number of hydrogen-bond donors (Lipinski definition) is 1. The summed E-state index contributed by atoms with van der Waals surface area (Å²) in [7, 11) is 0. The molecular formula is C17H17NO3. The van der Waals surface area contributed by atoms with E-state index in [1.807, 2.05) is 24.3 Å². The van der Waals surface area contributed by atoms with Crippen molar-refractivity contribution in [1.29, 1.82) is 0 Å². The van der Waals surface area contributed by atoms with Crippen molar-refractivity contribution in [3.63, 3.8) is 0 Å². The fourth-order valence-corrected chi connectivity index (χ4v) is 4.05. The molecule has 4 heteroatoms. The summed E-state index contributed by atoms with van der Waals surface area (Å²) in [6.07, 6.45) is 5.18. The van der Waals surface area contributed by atoms with Crippen LogP contribution in [0.25, 0.3) is 0 Å². The molecule has 4 rings (SSSR count). The van der Waals surface area contributed by atoms with Crippen LogP contribution in [0.4, 0.5) is 0 Å². The summed E-state index contributed by atoms with van der Waals surface area (Å²) in [5.74, 6) is 0.269. The molecule has 21 heavy (non-hydrogen) atoms. The van der Waals surface area contributed by atoms with E-state index in [9.17, 15) is 9.59 Å². The minimum atomic E-state index is -0.121. The van der Waals surface area contributed by atoms with Gasteiger partial charge in [0.1, 0.15) is 0 Å². The van der Waals surface area contributed by atoms with Gasteiger partial charge in [-0.15, -0.1) is 0 Å². The number of imide groups is 1. The van der Waals surface area contributed by atoms with Crippen molar-refractivity contribution in [2.75, 3.05) is 0 Å². The van der Waals surface area contributed by atoms with Crippen LogP contribution in [-0.2, 0) is 22.7 Å². The number of carbonyl (C=O) groups is 2. The van der Waals surface area contributed by atoms with Crippen molar-refractivity contribution in [1.82, 2.24) is 4.90 Å². The molecular weight excluding hydrogens is 266 g/mol. The van der Waals surface area contributed by atoms with E-state index in [-0.39, 0.29) is 42.1 Å². The van der Waals surface area contributed by atoms with E-state index in [1.54, 1.807) is 0 Å². The van der Waals surface area contributed by atoms with Crippen LogP contribution in [0, 0.1) is 23.7 Å². The van der Waals surface area contributed by atoms with Gasteiger partial charge in [0.2, 0.25) is 11.8 Å². The van der Waals surface area contributed by atoms with Crippen LogP contribution < -0.4 is 0 Å². The number of hydrogen-bond acceptors (Lipinski definition) is 3. The maximum absolute atomic E-state index is 12.5. The SMILES string of the molecule is O=C1C2C3C=CC(C3)C2C(=O)N1Cc1ccc(CO)cc1. The first-order valence-electron chi connectivity index (χ1n) is 7.41. The molecule has 1 heterocycles. The molecule has 3 aliphatic rings. The Balaban J connectivity index is 1.56. The molecule has 4 atom stereocenters. The highest BCUT2D eigenvalue weighted by Crippen LogP contribution is 2.52. The van der Waals surface area contributed by atoms with Crippen molar-refractivity contribution in [3.05, 3.63) is 47.5 Å². The Bertz CT molecular complexity index is 604. The number of benzene rings is 1. The van der Waals surface area contributed by atoms with Crippen molar-refractivity contribution in [2.24, 2.45) is 23.7 Å². The van der Waals surface area contributed by atoms with Gasteiger partial charge in [-0.1, -0.05) is 36.4 Å². The van der Waals surface area contributed by atoms with Crippen LogP contribution in [0.3, 0.4) is 0 Å². The van der Waals surface area contributed by atoms with Crippen LogP contribution in [0.15, 0.2) is 36.4 Å². The lowest BCUT2D eigenvalue weighted by molar-refractivity contribution is -0.141. The zero-order chi connectivity index (χ0) is 14.6. The second-order valence-corrected chi connectivity index (χ2v) is 6.24. The third kappa shape index (κ3) is 1.79. The van der Waals surface area contributed by atoms with Gasteiger partial charge >= 0.3 is 0 Å². The van der Waals surface area contributed by atoms with Gasteiger partial charge in [-0.2, -0.15) is 0 Å². The maximum atomic E-state index is 12.5. The summed E-state index contributed by atoms with van der Waals surface area (Å²) in [6.45, 7) is 0.344. The lowest BCUT2D eigenvalue weighted by atomic mass is 9.85. The van der Waals surface area contributed by atoms with Crippen LogP contribution in [0.5, 0.6) is 0 Å². The fourth-order valence-electron chi connectivity index (χ4n) is 4.05. The topological polar surface area (TPSA) is 57.6 Å². The van der Waals surface area contributed by atoms with Crippen molar-refractivity contribution >= 4 is 11.8 Å². The summed E-state index contributed by atoms with van der Waals surface area (Å²) in [5.41, 5.74) is 1.76. The molecule has 0 aromatic heterocycles. The number of aliphatic hydroxyl groups excluding tert-OH is 1. The van der Waals surface area contributed by atoms with E-state index in [1.165, 1.54) is 4.90 Å². The monoisotopic (exact) mass is 283 g/mol. The third-order valence-electron chi connectivity index (χ3n) is 5.11. The Kier molecular flexibility index (Phi) is 2.76. The summed E-state index contributed by atoms with van der Waals surface area (Å²) in [5, 5.41) is 9.05. The second-order valence-electron chi connectivity index (χ2n) is 6.24. The molecule has 1 aromatic rings. The average molecular weight is 283 g/mol. The number of likely N-dealkylation sites (tertiary alicyclic amines) is 1. The molecule has 4 nitrogen and oxygen atoms in total. The minimum Gasteiger partial charge on any atom is -0.392 e. The predicted molar refractivity (Wildman–Crippen MR) is 75.6 cm³/mol. The van der Waals surface area contributed by atoms with Gasteiger partial charge in [-0.25, -0.2) is 0 Å². The lowest BCUT2D eigenvalue weighted by Crippen LogP contribution is -2.32. The highest BCUT2D eigenvalue weighted by molar-refractivity contribution is 6.06. The van der Waals surface area contributed by atoms with Gasteiger partial charge in [0.05, 0.1) is 25.0 Å². The number of amides is 2. The first kappa shape index (κ1) is 12.8. The molecule has 1 N–H and O–H groups in total. The Morgan fingerprint density at radius 1 is 0.952 bits per heavy atom. The normalized spacial score (nSPS) is 33.1. The van der Waals surface area contributed by atoms with Gasteiger partial charge in [-0.05, 0) is 29.4 Å². The molecule has 0 radical (unpaired) electrons. The molecule has 2 amide bonds. The zero-order valence-corrected chi connectivity index (χ0v) is 11.6.